The Bertz CT molecular complexity index is 858. The topological polar surface area (TPSA) is 50.5 Å². The third-order valence-corrected chi connectivity index (χ3v) is 6.07. The molecule has 0 spiro atoms. The lowest BCUT2D eigenvalue weighted by Crippen LogP contribution is -2.18. The van der Waals surface area contributed by atoms with Crippen LogP contribution in [-0.2, 0) is 6.54 Å². The summed E-state index contributed by atoms with van der Waals surface area (Å²) in [5, 5.41) is 4.89. The average molecular weight is 412 g/mol. The number of thiophene rings is 1. The molecule has 0 atom stereocenters. The summed E-state index contributed by atoms with van der Waals surface area (Å²) in [5.74, 6) is 0.962. The third kappa shape index (κ3) is 6.54. The highest BCUT2D eigenvalue weighted by molar-refractivity contribution is 7.22. The minimum Gasteiger partial charge on any atom is -0.493 e. The molecule has 0 bridgehead atoms. The number of nitrogens with two attached hydrogens (primary N) is 1. The monoisotopic (exact) mass is 411 g/mol. The molecule has 0 fully saturated rings. The van der Waals surface area contributed by atoms with E-state index in [0.29, 0.717) is 13.2 Å². The number of ether oxygens (including phenoxy) is 1. The number of nitrogens with zero attached hydrogens (tertiary/aromatic N) is 1. The lowest BCUT2D eigenvalue weighted by molar-refractivity contribution is 0.309. The van der Waals surface area contributed by atoms with Gasteiger partial charge < -0.3 is 20.7 Å². The Kier molecular flexibility index (Phi) is 8.50. The predicted molar refractivity (Wildman–Crippen MR) is 126 cm³/mol. The Morgan fingerprint density at radius 2 is 1.90 bits per heavy atom. The SMILES string of the molecule is CN(C)CCCCNCc1cc(-c2cc3ccccc3s2)ccc1OCCCN. The molecular weight excluding hydrogens is 378 g/mol. The highest BCUT2D eigenvalue weighted by Crippen LogP contribution is 2.35. The maximum Gasteiger partial charge on any atom is 0.123 e. The van der Waals surface area contributed by atoms with Crippen molar-refractivity contribution in [3.63, 3.8) is 0 Å². The van der Waals surface area contributed by atoms with E-state index in [0.717, 1.165) is 31.8 Å². The van der Waals surface area contributed by atoms with Gasteiger partial charge in [0.2, 0.25) is 0 Å². The lowest BCUT2D eigenvalue weighted by Gasteiger charge is -2.14. The van der Waals surface area contributed by atoms with Crippen LogP contribution in [0.1, 0.15) is 24.8 Å². The van der Waals surface area contributed by atoms with Crippen LogP contribution in [0.25, 0.3) is 20.5 Å². The van der Waals surface area contributed by atoms with Crippen LogP contribution in [0.15, 0.2) is 48.5 Å². The van der Waals surface area contributed by atoms with Crippen molar-refractivity contribution in [3.05, 3.63) is 54.1 Å². The summed E-state index contributed by atoms with van der Waals surface area (Å²) in [6.45, 7) is 4.28. The van der Waals surface area contributed by atoms with E-state index >= 15 is 0 Å². The molecule has 29 heavy (non-hydrogen) atoms. The highest BCUT2D eigenvalue weighted by Gasteiger charge is 2.09. The van der Waals surface area contributed by atoms with Gasteiger partial charge in [0.1, 0.15) is 5.75 Å². The molecule has 0 amide bonds. The molecule has 0 unspecified atom stereocenters. The molecule has 0 aliphatic heterocycles. The normalized spacial score (nSPS) is 11.4. The maximum absolute atomic E-state index is 6.01. The molecule has 156 valence electrons. The van der Waals surface area contributed by atoms with Crippen molar-refractivity contribution in [1.82, 2.24) is 10.2 Å². The van der Waals surface area contributed by atoms with Gasteiger partial charge in [0.25, 0.3) is 0 Å². The largest absolute Gasteiger partial charge is 0.493 e. The van der Waals surface area contributed by atoms with Crippen LogP contribution in [0.2, 0.25) is 0 Å². The van der Waals surface area contributed by atoms with Gasteiger partial charge in [-0.15, -0.1) is 11.3 Å². The quantitative estimate of drug-likeness (QED) is 0.423. The molecule has 0 aliphatic carbocycles. The van der Waals surface area contributed by atoms with Gasteiger partial charge in [-0.3, -0.25) is 0 Å². The van der Waals surface area contributed by atoms with Crippen molar-refractivity contribution in [2.45, 2.75) is 25.8 Å². The highest BCUT2D eigenvalue weighted by atomic mass is 32.1. The van der Waals surface area contributed by atoms with Crippen LogP contribution in [-0.4, -0.2) is 45.2 Å². The maximum atomic E-state index is 6.01. The van der Waals surface area contributed by atoms with Gasteiger partial charge in [-0.1, -0.05) is 18.2 Å². The molecule has 3 N–H and O–H groups in total. The first-order valence-electron chi connectivity index (χ1n) is 10.5. The predicted octanol–water partition coefficient (Wildman–Crippen LogP) is 4.73. The Morgan fingerprint density at radius 1 is 1.03 bits per heavy atom. The fraction of sp³-hybridized carbons (Fsp3) is 0.417. The summed E-state index contributed by atoms with van der Waals surface area (Å²) >= 11 is 1.84. The Morgan fingerprint density at radius 3 is 2.69 bits per heavy atom. The molecule has 0 saturated carbocycles. The number of nitrogens with one attached hydrogen (secondary N) is 1. The summed E-state index contributed by atoms with van der Waals surface area (Å²) in [6.07, 6.45) is 3.26. The van der Waals surface area contributed by atoms with E-state index in [9.17, 15) is 0 Å². The Labute approximate surface area is 178 Å². The van der Waals surface area contributed by atoms with E-state index < -0.39 is 0 Å². The van der Waals surface area contributed by atoms with Crippen molar-refractivity contribution in [1.29, 1.82) is 0 Å². The first-order valence-corrected chi connectivity index (χ1v) is 11.3. The summed E-state index contributed by atoms with van der Waals surface area (Å²) in [4.78, 5) is 3.53. The first kappa shape index (κ1) is 21.8. The zero-order valence-corrected chi connectivity index (χ0v) is 18.4. The minimum atomic E-state index is 0.652. The molecule has 4 nitrogen and oxygen atoms in total. The fourth-order valence-electron chi connectivity index (χ4n) is 3.30. The fourth-order valence-corrected chi connectivity index (χ4v) is 4.36. The van der Waals surface area contributed by atoms with Crippen molar-refractivity contribution in [2.24, 2.45) is 5.73 Å². The van der Waals surface area contributed by atoms with Crippen LogP contribution in [0, 0.1) is 0 Å². The van der Waals surface area contributed by atoms with Gasteiger partial charge in [0.05, 0.1) is 6.61 Å². The van der Waals surface area contributed by atoms with Crippen molar-refractivity contribution in [3.8, 4) is 16.2 Å². The molecule has 5 heteroatoms. The van der Waals surface area contributed by atoms with Crippen LogP contribution >= 0.6 is 11.3 Å². The van der Waals surface area contributed by atoms with Crippen molar-refractivity contribution in [2.75, 3.05) is 40.3 Å². The number of rotatable bonds is 12. The van der Waals surface area contributed by atoms with Crippen molar-refractivity contribution >= 4 is 21.4 Å². The minimum absolute atomic E-state index is 0.652. The number of hydrogen-bond donors (Lipinski definition) is 2. The number of unbranched alkanes of at least 4 members (excludes halogenated alkanes) is 1. The van der Waals surface area contributed by atoms with Gasteiger partial charge >= 0.3 is 0 Å². The second-order valence-electron chi connectivity index (χ2n) is 7.65. The van der Waals surface area contributed by atoms with Crippen molar-refractivity contribution < 1.29 is 4.74 Å². The average Bonchev–Trinajstić information content (AvgIpc) is 3.15. The molecule has 0 aliphatic rings. The summed E-state index contributed by atoms with van der Waals surface area (Å²) in [5.41, 5.74) is 8.09. The van der Waals surface area contributed by atoms with Crippen LogP contribution < -0.4 is 15.8 Å². The Balaban J connectivity index is 1.70. The van der Waals surface area contributed by atoms with Crippen LogP contribution in [0.5, 0.6) is 5.75 Å². The van der Waals surface area contributed by atoms with E-state index in [1.165, 1.54) is 38.9 Å². The van der Waals surface area contributed by atoms with E-state index in [4.69, 9.17) is 10.5 Å². The molecule has 1 aromatic heterocycles. The molecule has 1 heterocycles. The second kappa shape index (κ2) is 11.3. The standard InChI is InChI=1S/C24H33N3OS/c1-27(2)14-6-5-13-26-18-21-16-20(10-11-22(21)28-15-7-12-25)24-17-19-8-3-4-9-23(19)29-24/h3-4,8-11,16-17,26H,5-7,12-15,18,25H2,1-2H3. The Hall–Kier alpha value is -1.92. The zero-order valence-electron chi connectivity index (χ0n) is 17.6. The number of hydrogen-bond acceptors (Lipinski definition) is 5. The van der Waals surface area contributed by atoms with Gasteiger partial charge in [-0.2, -0.15) is 0 Å². The molecule has 0 radical (unpaired) electrons. The van der Waals surface area contributed by atoms with Crippen LogP contribution in [0.4, 0.5) is 0 Å². The first-order chi connectivity index (χ1) is 14.2. The van der Waals surface area contributed by atoms with E-state index in [1.54, 1.807) is 0 Å². The van der Waals surface area contributed by atoms with E-state index in [1.807, 2.05) is 11.3 Å². The second-order valence-corrected chi connectivity index (χ2v) is 8.73. The summed E-state index contributed by atoms with van der Waals surface area (Å²) in [7, 11) is 4.25. The van der Waals surface area contributed by atoms with Gasteiger partial charge in [-0.05, 0) is 94.3 Å². The van der Waals surface area contributed by atoms with Gasteiger partial charge in [0, 0.05) is 21.7 Å². The van der Waals surface area contributed by atoms with Gasteiger partial charge in [0.15, 0.2) is 0 Å². The van der Waals surface area contributed by atoms with E-state index in [2.05, 4.69) is 72.8 Å². The van der Waals surface area contributed by atoms with Gasteiger partial charge in [-0.25, -0.2) is 0 Å². The van der Waals surface area contributed by atoms with Crippen LogP contribution in [0.3, 0.4) is 0 Å². The summed E-state index contributed by atoms with van der Waals surface area (Å²) < 4.78 is 7.34. The molecule has 2 aromatic carbocycles. The molecule has 3 rings (SSSR count). The lowest BCUT2D eigenvalue weighted by atomic mass is 10.1. The number of benzene rings is 2. The number of fused-ring (bicyclic) bond motifs is 1. The molecule has 3 aromatic rings. The van der Waals surface area contributed by atoms with E-state index in [-0.39, 0.29) is 0 Å². The molecule has 0 saturated heterocycles. The zero-order chi connectivity index (χ0) is 20.5. The smallest absolute Gasteiger partial charge is 0.123 e. The third-order valence-electron chi connectivity index (χ3n) is 4.90. The molecular formula is C24H33N3OS. The summed E-state index contributed by atoms with van der Waals surface area (Å²) in [6, 6.07) is 17.4.